The fourth-order valence-corrected chi connectivity index (χ4v) is 5.40. The predicted molar refractivity (Wildman–Crippen MR) is 139 cm³/mol. The largest absolute Gasteiger partial charge is 0.448 e. The van der Waals surface area contributed by atoms with Gasteiger partial charge in [0.2, 0.25) is 0 Å². The molecule has 1 amide bonds. The number of hydrogen-bond acceptors (Lipinski definition) is 5. The lowest BCUT2D eigenvalue weighted by Crippen LogP contribution is -2.57. The maximum atomic E-state index is 15.7. The van der Waals surface area contributed by atoms with Gasteiger partial charge >= 0.3 is 6.09 Å². The highest BCUT2D eigenvalue weighted by atomic mass is 19.1. The van der Waals surface area contributed by atoms with Gasteiger partial charge in [0.05, 0.1) is 25.9 Å². The molecule has 2 aliphatic rings. The summed E-state index contributed by atoms with van der Waals surface area (Å²) >= 11 is 0. The number of rotatable bonds is 10. The molecule has 2 aromatic carbocycles. The highest BCUT2D eigenvalue weighted by Gasteiger charge is 2.46. The number of halogens is 4. The lowest BCUT2D eigenvalue weighted by Gasteiger charge is -2.46. The van der Waals surface area contributed by atoms with Gasteiger partial charge < -0.3 is 25.1 Å². The number of nitrogens with zero attached hydrogens (tertiary/aromatic N) is 1. The molecule has 210 valence electrons. The molecule has 0 unspecified atom stereocenters. The van der Waals surface area contributed by atoms with Crippen molar-refractivity contribution in [1.82, 2.24) is 15.2 Å². The molecule has 1 fully saturated rings. The van der Waals surface area contributed by atoms with E-state index < -0.39 is 36.1 Å². The zero-order chi connectivity index (χ0) is 27.6. The minimum absolute atomic E-state index is 0.0166. The van der Waals surface area contributed by atoms with Gasteiger partial charge in [-0.05, 0) is 43.5 Å². The van der Waals surface area contributed by atoms with Crippen molar-refractivity contribution in [2.75, 3.05) is 51.4 Å². The standard InChI is InChI=1S/C28H32F4N4O3/c1-17-11-20-19-5-2-3-6-23(19)35-25(20)26(36(17)14-28(32)15-38-16-28)24-21(30)12-18(13-22(24)31)33-9-10-39-27(37)34-8-4-7-29/h2-3,5-6,12-13,17,26,33,35H,4,7-11,14-16H2,1H3,(H,34,37)/t17-,26-/m1/s1. The maximum absolute atomic E-state index is 15.7. The fraction of sp³-hybridized carbons (Fsp3) is 0.464. The minimum Gasteiger partial charge on any atom is -0.448 e. The molecule has 2 aliphatic heterocycles. The monoisotopic (exact) mass is 548 g/mol. The van der Waals surface area contributed by atoms with E-state index in [0.717, 1.165) is 16.5 Å². The summed E-state index contributed by atoms with van der Waals surface area (Å²) < 4.78 is 68.9. The van der Waals surface area contributed by atoms with Gasteiger partial charge in [0.15, 0.2) is 5.67 Å². The van der Waals surface area contributed by atoms with Crippen molar-refractivity contribution in [1.29, 1.82) is 0 Å². The van der Waals surface area contributed by atoms with Crippen LogP contribution in [0, 0.1) is 11.6 Å². The molecule has 0 radical (unpaired) electrons. The van der Waals surface area contributed by atoms with Crippen LogP contribution in [-0.4, -0.2) is 73.8 Å². The molecule has 0 spiro atoms. The zero-order valence-corrected chi connectivity index (χ0v) is 21.7. The van der Waals surface area contributed by atoms with Crippen LogP contribution in [0.2, 0.25) is 0 Å². The molecule has 0 saturated carbocycles. The quantitative estimate of drug-likeness (QED) is 0.245. The SMILES string of the molecule is C[C@@H]1Cc2c([nH]c3ccccc23)[C@@H](c2c(F)cc(NCCOC(=O)NCCCF)cc2F)N1CC1(F)COC1. The molecule has 1 aromatic heterocycles. The number of ether oxygens (including phenoxy) is 2. The van der Waals surface area contributed by atoms with Crippen molar-refractivity contribution >= 4 is 22.7 Å². The Hall–Kier alpha value is -3.31. The third-order valence-corrected chi connectivity index (χ3v) is 7.30. The van der Waals surface area contributed by atoms with Crippen LogP contribution < -0.4 is 10.6 Å². The third kappa shape index (κ3) is 5.69. The number of nitrogens with one attached hydrogen (secondary N) is 3. The molecule has 7 nitrogen and oxygen atoms in total. The number of hydrogen-bond donors (Lipinski definition) is 3. The molecule has 39 heavy (non-hydrogen) atoms. The number of carbonyl (C=O) groups is 1. The van der Waals surface area contributed by atoms with Crippen LogP contribution in [-0.2, 0) is 15.9 Å². The van der Waals surface area contributed by atoms with Crippen molar-refractivity contribution in [3.8, 4) is 0 Å². The van der Waals surface area contributed by atoms with Crippen LogP contribution in [0.15, 0.2) is 36.4 Å². The molecule has 11 heteroatoms. The Kier molecular flexibility index (Phi) is 7.99. The highest BCUT2D eigenvalue weighted by molar-refractivity contribution is 5.85. The van der Waals surface area contributed by atoms with Crippen molar-refractivity contribution < 1.29 is 31.8 Å². The van der Waals surface area contributed by atoms with Gasteiger partial charge in [0, 0.05) is 53.5 Å². The number of aromatic nitrogens is 1. The van der Waals surface area contributed by atoms with Gasteiger partial charge in [-0.3, -0.25) is 9.29 Å². The lowest BCUT2D eigenvalue weighted by molar-refractivity contribution is -0.148. The van der Waals surface area contributed by atoms with Gasteiger partial charge in [-0.2, -0.15) is 0 Å². The van der Waals surface area contributed by atoms with Crippen LogP contribution in [0.4, 0.5) is 28.0 Å². The van der Waals surface area contributed by atoms with Gasteiger partial charge in [-0.1, -0.05) is 18.2 Å². The zero-order valence-electron chi connectivity index (χ0n) is 21.7. The molecule has 3 aromatic rings. The number of para-hydroxylation sites is 1. The van der Waals surface area contributed by atoms with Crippen molar-refractivity contribution in [2.24, 2.45) is 0 Å². The lowest BCUT2D eigenvalue weighted by atomic mass is 9.86. The Morgan fingerprint density at radius 1 is 1.21 bits per heavy atom. The molecule has 0 aliphatic carbocycles. The number of carbonyl (C=O) groups excluding carboxylic acids is 1. The Morgan fingerprint density at radius 3 is 2.64 bits per heavy atom. The molecule has 3 heterocycles. The maximum Gasteiger partial charge on any atom is 0.407 e. The number of fused-ring (bicyclic) bond motifs is 3. The summed E-state index contributed by atoms with van der Waals surface area (Å²) in [6, 6.07) is 9.04. The Balaban J connectivity index is 1.39. The van der Waals surface area contributed by atoms with E-state index in [-0.39, 0.29) is 63.2 Å². The minimum atomic E-state index is -1.58. The molecule has 1 saturated heterocycles. The predicted octanol–water partition coefficient (Wildman–Crippen LogP) is 5.02. The fourth-order valence-electron chi connectivity index (χ4n) is 5.40. The summed E-state index contributed by atoms with van der Waals surface area (Å²) in [5.74, 6) is -1.54. The number of amides is 1. The average molecular weight is 549 g/mol. The van der Waals surface area contributed by atoms with Crippen molar-refractivity contribution in [2.45, 2.75) is 37.5 Å². The summed E-state index contributed by atoms with van der Waals surface area (Å²) in [6.45, 7) is 1.50. The van der Waals surface area contributed by atoms with Crippen LogP contribution in [0.5, 0.6) is 0 Å². The van der Waals surface area contributed by atoms with Crippen LogP contribution in [0.1, 0.15) is 36.2 Å². The second-order valence-corrected chi connectivity index (χ2v) is 10.2. The number of alkyl halides is 2. The topological polar surface area (TPSA) is 78.6 Å². The Morgan fingerprint density at radius 2 is 1.95 bits per heavy atom. The van der Waals surface area contributed by atoms with Crippen molar-refractivity contribution in [3.05, 3.63) is 64.9 Å². The highest BCUT2D eigenvalue weighted by Crippen LogP contribution is 2.44. The summed E-state index contributed by atoms with van der Waals surface area (Å²) in [5.41, 5.74) is 0.923. The number of H-pyrrole nitrogens is 1. The molecule has 3 N–H and O–H groups in total. The summed E-state index contributed by atoms with van der Waals surface area (Å²) in [5, 5.41) is 6.24. The number of anilines is 1. The molecule has 5 rings (SSSR count). The van der Waals surface area contributed by atoms with E-state index in [0.29, 0.717) is 12.1 Å². The van der Waals surface area contributed by atoms with E-state index in [1.807, 2.05) is 36.1 Å². The second-order valence-electron chi connectivity index (χ2n) is 10.2. The van der Waals surface area contributed by atoms with Crippen LogP contribution >= 0.6 is 0 Å². The van der Waals surface area contributed by atoms with E-state index in [9.17, 15) is 9.18 Å². The number of alkyl carbamates (subject to hydrolysis) is 1. The first-order valence-corrected chi connectivity index (χ1v) is 13.1. The molecule has 0 bridgehead atoms. The Bertz CT molecular complexity index is 1310. The first-order chi connectivity index (χ1) is 18.8. The summed E-state index contributed by atoms with van der Waals surface area (Å²) in [4.78, 5) is 16.7. The molecular formula is C28H32F4N4O3. The number of aromatic amines is 1. The molecular weight excluding hydrogens is 516 g/mol. The Labute approximate surface area is 223 Å². The summed E-state index contributed by atoms with van der Waals surface area (Å²) in [6.07, 6.45) is 0.105. The van der Waals surface area contributed by atoms with Crippen LogP contribution in [0.25, 0.3) is 10.9 Å². The van der Waals surface area contributed by atoms with Crippen molar-refractivity contribution in [3.63, 3.8) is 0 Å². The van der Waals surface area contributed by atoms with Gasteiger partial charge in [0.25, 0.3) is 0 Å². The smallest absolute Gasteiger partial charge is 0.407 e. The van der Waals surface area contributed by atoms with E-state index in [1.165, 1.54) is 12.1 Å². The van der Waals surface area contributed by atoms with E-state index in [4.69, 9.17) is 9.47 Å². The van der Waals surface area contributed by atoms with Gasteiger partial charge in [-0.15, -0.1) is 0 Å². The second kappa shape index (κ2) is 11.4. The third-order valence-electron chi connectivity index (χ3n) is 7.30. The molecule has 2 atom stereocenters. The van der Waals surface area contributed by atoms with Gasteiger partial charge in [-0.25, -0.2) is 18.0 Å². The first-order valence-electron chi connectivity index (χ1n) is 13.1. The summed E-state index contributed by atoms with van der Waals surface area (Å²) in [7, 11) is 0. The normalized spacial score (nSPS) is 20.3. The van der Waals surface area contributed by atoms with E-state index >= 15 is 13.2 Å². The van der Waals surface area contributed by atoms with E-state index in [2.05, 4.69) is 15.6 Å². The number of benzene rings is 2. The first kappa shape index (κ1) is 27.3. The van der Waals surface area contributed by atoms with E-state index in [1.54, 1.807) is 0 Å². The average Bonchev–Trinajstić information content (AvgIpc) is 3.25. The van der Waals surface area contributed by atoms with Crippen LogP contribution in [0.3, 0.4) is 0 Å². The van der Waals surface area contributed by atoms with Gasteiger partial charge in [0.1, 0.15) is 18.2 Å².